The molecular formula is C42H53N6O10P. The molecule has 1 aromatic heterocycles. The van der Waals surface area contributed by atoms with Crippen LogP contribution in [0.25, 0.3) is 0 Å². The van der Waals surface area contributed by atoms with Gasteiger partial charge in [0.2, 0.25) is 5.91 Å². The summed E-state index contributed by atoms with van der Waals surface area (Å²) < 4.78 is 47.2. The van der Waals surface area contributed by atoms with E-state index in [9.17, 15) is 19.6 Å². The molecule has 0 spiro atoms. The van der Waals surface area contributed by atoms with E-state index in [2.05, 4.69) is 16.4 Å². The second kappa shape index (κ2) is 21.3. The van der Waals surface area contributed by atoms with Gasteiger partial charge in [-0.3, -0.25) is 19.1 Å². The molecule has 59 heavy (non-hydrogen) atoms. The van der Waals surface area contributed by atoms with Crippen molar-refractivity contribution in [2.24, 2.45) is 0 Å². The highest BCUT2D eigenvalue weighted by atomic mass is 31.2. The van der Waals surface area contributed by atoms with Crippen LogP contribution in [0, 0.1) is 18.3 Å². The van der Waals surface area contributed by atoms with Crippen LogP contribution in [-0.4, -0.2) is 119 Å². The summed E-state index contributed by atoms with van der Waals surface area (Å²) in [6, 6.07) is 26.9. The maximum atomic E-state index is 13.5. The van der Waals surface area contributed by atoms with Gasteiger partial charge in [-0.2, -0.15) is 5.26 Å². The molecular weight excluding hydrogens is 779 g/mol. The lowest BCUT2D eigenvalue weighted by molar-refractivity contribution is -0.132. The van der Waals surface area contributed by atoms with E-state index in [0.717, 1.165) is 16.7 Å². The van der Waals surface area contributed by atoms with E-state index >= 15 is 0 Å². The Morgan fingerprint density at radius 1 is 0.932 bits per heavy atom. The highest BCUT2D eigenvalue weighted by Crippen LogP contribution is 2.48. The summed E-state index contributed by atoms with van der Waals surface area (Å²) >= 11 is 0. The lowest BCUT2D eigenvalue weighted by Crippen LogP contribution is -2.44. The molecule has 2 heterocycles. The van der Waals surface area contributed by atoms with E-state index in [-0.39, 0.29) is 25.2 Å². The number of hydrogen-bond acceptors (Lipinski definition) is 13. The number of aryl methyl sites for hydroxylation is 1. The van der Waals surface area contributed by atoms with E-state index in [1.807, 2.05) is 97.9 Å². The first-order valence-electron chi connectivity index (χ1n) is 19.0. The van der Waals surface area contributed by atoms with Gasteiger partial charge in [-0.05, 0) is 76.1 Å². The van der Waals surface area contributed by atoms with Crippen LogP contribution in [-0.2, 0) is 33.7 Å². The van der Waals surface area contributed by atoms with Crippen LogP contribution in [0.15, 0.2) is 94.6 Å². The number of aromatic amines is 1. The number of hydrogen-bond donors (Lipinski definition) is 2. The number of likely N-dealkylation sites (N-methyl/N-ethyl adjacent to an activating group) is 1. The largest absolute Gasteiger partial charge is 0.497 e. The fraction of sp³-hybridized carbons (Fsp3) is 0.429. The zero-order valence-electron chi connectivity index (χ0n) is 34.5. The zero-order valence-corrected chi connectivity index (χ0v) is 35.3. The van der Waals surface area contributed by atoms with Crippen molar-refractivity contribution in [1.82, 2.24) is 24.4 Å². The van der Waals surface area contributed by atoms with Crippen molar-refractivity contribution in [3.05, 3.63) is 128 Å². The number of nitriles is 1. The summed E-state index contributed by atoms with van der Waals surface area (Å²) in [4.78, 5) is 43.5. The van der Waals surface area contributed by atoms with Gasteiger partial charge < -0.3 is 42.9 Å². The molecule has 316 valence electrons. The summed E-state index contributed by atoms with van der Waals surface area (Å²) in [5.41, 5.74) is 0.0394. The fourth-order valence-corrected chi connectivity index (χ4v) is 7.77. The van der Waals surface area contributed by atoms with Gasteiger partial charge >= 0.3 is 5.69 Å². The van der Waals surface area contributed by atoms with Gasteiger partial charge in [-0.15, -0.1) is 0 Å². The molecule has 0 aliphatic carbocycles. The second-order valence-electron chi connectivity index (χ2n) is 14.2. The molecule has 1 fully saturated rings. The zero-order chi connectivity index (χ0) is 42.5. The molecule has 16 nitrogen and oxygen atoms in total. The molecule has 17 heteroatoms. The van der Waals surface area contributed by atoms with E-state index in [4.69, 9.17) is 32.7 Å². The van der Waals surface area contributed by atoms with Crippen LogP contribution < -0.4 is 26.0 Å². The maximum Gasteiger partial charge on any atom is 0.330 e. The maximum absolute atomic E-state index is 13.5. The van der Waals surface area contributed by atoms with Crippen LogP contribution in [0.2, 0.25) is 0 Å². The normalized spacial score (nSPS) is 18.4. The van der Waals surface area contributed by atoms with Gasteiger partial charge in [0.1, 0.15) is 42.0 Å². The standard InChI is InChI=1S/C42H53N6O10P/c1-29-26-48(41(51)45-39(29)50)40-38(54-28-36(49)44-23-24-46(2)3)37(58-59(47(4)5)56-25-11-22-43)35(57-40)27-55-42(30-12-9-8-10-13-30,31-14-18-33(52-6)19-15-31)32-16-20-34(53-7)21-17-32/h8-10,12-21,26,35,37-38,40H,11,23-25,27-28H2,1-7H3,(H,44,49)(H,45,50,51)/t35-,37-,38-,40-,59?/m1/s1. The van der Waals surface area contributed by atoms with Crippen LogP contribution >= 0.6 is 8.53 Å². The Balaban J connectivity index is 1.63. The lowest BCUT2D eigenvalue weighted by atomic mass is 9.80. The van der Waals surface area contributed by atoms with Crippen molar-refractivity contribution in [2.45, 2.75) is 43.5 Å². The van der Waals surface area contributed by atoms with Crippen LogP contribution in [0.1, 0.15) is 34.9 Å². The Morgan fingerprint density at radius 2 is 1.54 bits per heavy atom. The van der Waals surface area contributed by atoms with Crippen LogP contribution in [0.5, 0.6) is 11.5 Å². The molecule has 5 rings (SSSR count). The van der Waals surface area contributed by atoms with Crippen LogP contribution in [0.4, 0.5) is 0 Å². The third kappa shape index (κ3) is 11.2. The molecule has 0 saturated carbocycles. The minimum atomic E-state index is -1.84. The number of benzene rings is 3. The van der Waals surface area contributed by atoms with E-state index in [1.54, 1.807) is 39.9 Å². The molecule has 1 aliphatic heterocycles. The van der Waals surface area contributed by atoms with Gasteiger partial charge in [-0.25, -0.2) is 9.46 Å². The second-order valence-corrected chi connectivity index (χ2v) is 15.9. The Kier molecular flexibility index (Phi) is 16.3. The Labute approximate surface area is 345 Å². The smallest absolute Gasteiger partial charge is 0.330 e. The average Bonchev–Trinajstić information content (AvgIpc) is 3.57. The van der Waals surface area contributed by atoms with Gasteiger partial charge in [0.15, 0.2) is 6.23 Å². The average molecular weight is 833 g/mol. The van der Waals surface area contributed by atoms with Gasteiger partial charge in [0.05, 0.1) is 39.9 Å². The summed E-state index contributed by atoms with van der Waals surface area (Å²) in [6.45, 7) is 2.10. The molecule has 1 unspecified atom stereocenters. The number of rotatable bonds is 21. The number of carbonyl (C=O) groups is 1. The molecule has 0 bridgehead atoms. The van der Waals surface area contributed by atoms with Crippen molar-refractivity contribution in [3.8, 4) is 17.6 Å². The predicted octanol–water partition coefficient (Wildman–Crippen LogP) is 3.94. The van der Waals surface area contributed by atoms with Crippen molar-refractivity contribution >= 4 is 14.4 Å². The van der Waals surface area contributed by atoms with Crippen molar-refractivity contribution < 1.29 is 37.5 Å². The van der Waals surface area contributed by atoms with Gasteiger partial charge in [0.25, 0.3) is 14.1 Å². The number of methoxy groups -OCH3 is 2. The molecule has 1 amide bonds. The monoisotopic (exact) mass is 832 g/mol. The Morgan fingerprint density at radius 3 is 2.10 bits per heavy atom. The third-order valence-electron chi connectivity index (χ3n) is 9.59. The number of H-pyrrole nitrogens is 1. The van der Waals surface area contributed by atoms with Crippen molar-refractivity contribution in [1.29, 1.82) is 5.26 Å². The topological polar surface area (TPSA) is 179 Å². The van der Waals surface area contributed by atoms with Gasteiger partial charge in [-0.1, -0.05) is 54.6 Å². The summed E-state index contributed by atoms with van der Waals surface area (Å²) in [7, 11) is 8.70. The van der Waals surface area contributed by atoms with E-state index in [1.165, 1.54) is 10.8 Å². The Bertz CT molecular complexity index is 2060. The number of ether oxygens (including phenoxy) is 5. The molecule has 0 radical (unpaired) electrons. The van der Waals surface area contributed by atoms with Crippen LogP contribution in [0.3, 0.4) is 0 Å². The molecule has 4 aromatic rings. The Hall–Kier alpha value is -4.95. The number of aromatic nitrogens is 2. The minimum absolute atomic E-state index is 0.0863. The predicted molar refractivity (Wildman–Crippen MR) is 221 cm³/mol. The fourth-order valence-electron chi connectivity index (χ4n) is 6.58. The highest BCUT2D eigenvalue weighted by molar-refractivity contribution is 7.44. The number of amides is 1. The first-order valence-corrected chi connectivity index (χ1v) is 20.2. The summed E-state index contributed by atoms with van der Waals surface area (Å²) in [5, 5.41) is 12.1. The quantitative estimate of drug-likeness (QED) is 0.0702. The van der Waals surface area contributed by atoms with Crippen molar-refractivity contribution in [2.75, 3.05) is 75.3 Å². The van der Waals surface area contributed by atoms with Gasteiger partial charge in [0, 0.05) is 24.8 Å². The first-order chi connectivity index (χ1) is 28.4. The van der Waals surface area contributed by atoms with E-state index < -0.39 is 62.4 Å². The molecule has 3 aromatic carbocycles. The number of nitrogens with zero attached hydrogens (tertiary/aromatic N) is 4. The third-order valence-corrected chi connectivity index (χ3v) is 11.1. The number of nitrogens with one attached hydrogen (secondary N) is 2. The number of carbonyl (C=O) groups excluding carboxylic acids is 1. The summed E-state index contributed by atoms with van der Waals surface area (Å²) in [5.74, 6) is 0.916. The first kappa shape index (κ1) is 45.1. The minimum Gasteiger partial charge on any atom is -0.497 e. The SMILES string of the molecule is COc1ccc(C(OC[C@H]2O[C@@H](n3cc(C)c(=O)[nH]c3=O)[C@H](OCC(=O)NCCN(C)C)[C@@H]2OP(OCCC#N)N(C)C)(c2ccccc2)c2ccc(OC)cc2)cc1. The molecule has 1 aliphatic rings. The van der Waals surface area contributed by atoms with Crippen molar-refractivity contribution in [3.63, 3.8) is 0 Å². The lowest BCUT2D eigenvalue weighted by Gasteiger charge is -2.37. The molecule has 2 N–H and O–H groups in total. The molecule has 5 atom stereocenters. The van der Waals surface area contributed by atoms with E-state index in [0.29, 0.717) is 24.6 Å². The highest BCUT2D eigenvalue weighted by Gasteiger charge is 2.51. The molecule has 1 saturated heterocycles. The summed E-state index contributed by atoms with van der Waals surface area (Å²) in [6.07, 6.45) is -2.79.